The van der Waals surface area contributed by atoms with Gasteiger partial charge in [-0.1, -0.05) is 11.6 Å². The molecule has 5 nitrogen and oxygen atoms in total. The molecule has 29 heavy (non-hydrogen) atoms. The number of halogens is 2. The molecule has 0 fully saturated rings. The van der Waals surface area contributed by atoms with Gasteiger partial charge in [-0.05, 0) is 62.4 Å². The molecule has 1 N–H and O–H groups in total. The Bertz CT molecular complexity index is 1170. The van der Waals surface area contributed by atoms with Crippen molar-refractivity contribution in [1.82, 2.24) is 15.0 Å². The van der Waals surface area contributed by atoms with Gasteiger partial charge in [0.05, 0.1) is 16.6 Å². The van der Waals surface area contributed by atoms with Crippen molar-refractivity contribution in [3.8, 4) is 17.1 Å². The Labute approximate surface area is 172 Å². The van der Waals surface area contributed by atoms with E-state index in [1.54, 1.807) is 18.5 Å². The van der Waals surface area contributed by atoms with Gasteiger partial charge in [-0.3, -0.25) is 4.98 Å². The first-order valence-electron chi connectivity index (χ1n) is 9.10. The molecule has 2 aromatic carbocycles. The van der Waals surface area contributed by atoms with E-state index < -0.39 is 5.82 Å². The minimum Gasteiger partial charge on any atom is -0.491 e. The van der Waals surface area contributed by atoms with Gasteiger partial charge < -0.3 is 10.1 Å². The van der Waals surface area contributed by atoms with Gasteiger partial charge in [0.1, 0.15) is 17.4 Å². The van der Waals surface area contributed by atoms with Crippen molar-refractivity contribution in [3.05, 3.63) is 71.8 Å². The maximum atomic E-state index is 13.5. The fourth-order valence-electron chi connectivity index (χ4n) is 2.88. The predicted octanol–water partition coefficient (Wildman–Crippen LogP) is 6.02. The molecular formula is C22H18ClFN4O. The van der Waals surface area contributed by atoms with Crippen LogP contribution in [-0.4, -0.2) is 21.1 Å². The van der Waals surface area contributed by atoms with Crippen molar-refractivity contribution in [1.29, 1.82) is 0 Å². The highest BCUT2D eigenvalue weighted by molar-refractivity contribution is 6.31. The molecule has 7 heteroatoms. The monoisotopic (exact) mass is 408 g/mol. The van der Waals surface area contributed by atoms with Crippen molar-refractivity contribution in [2.45, 2.75) is 20.0 Å². The summed E-state index contributed by atoms with van der Waals surface area (Å²) in [5.74, 6) is 1.32. The zero-order chi connectivity index (χ0) is 20.4. The summed E-state index contributed by atoms with van der Waals surface area (Å²) < 4.78 is 19.4. The first-order chi connectivity index (χ1) is 14.0. The van der Waals surface area contributed by atoms with Crippen LogP contribution >= 0.6 is 11.6 Å². The molecule has 2 heterocycles. The molecular weight excluding hydrogens is 391 g/mol. The van der Waals surface area contributed by atoms with Gasteiger partial charge in [0.2, 0.25) is 0 Å². The van der Waals surface area contributed by atoms with Gasteiger partial charge in [0.15, 0.2) is 5.82 Å². The quantitative estimate of drug-likeness (QED) is 0.438. The lowest BCUT2D eigenvalue weighted by atomic mass is 10.2. The number of nitrogens with zero attached hydrogens (tertiary/aromatic N) is 3. The minimum atomic E-state index is -0.478. The van der Waals surface area contributed by atoms with Crippen molar-refractivity contribution < 1.29 is 9.13 Å². The number of rotatable bonds is 5. The highest BCUT2D eigenvalue weighted by Gasteiger charge is 2.12. The van der Waals surface area contributed by atoms with E-state index in [1.165, 1.54) is 12.1 Å². The van der Waals surface area contributed by atoms with E-state index in [0.29, 0.717) is 23.1 Å². The highest BCUT2D eigenvalue weighted by Crippen LogP contribution is 2.31. The van der Waals surface area contributed by atoms with Gasteiger partial charge in [-0.25, -0.2) is 14.4 Å². The van der Waals surface area contributed by atoms with E-state index in [2.05, 4.69) is 20.3 Å². The second kappa shape index (κ2) is 8.01. The maximum absolute atomic E-state index is 13.5. The van der Waals surface area contributed by atoms with Crippen molar-refractivity contribution in [2.24, 2.45) is 0 Å². The zero-order valence-corrected chi connectivity index (χ0v) is 16.6. The molecule has 0 atom stereocenters. The molecule has 0 aliphatic rings. The lowest BCUT2D eigenvalue weighted by Gasteiger charge is -2.14. The lowest BCUT2D eigenvalue weighted by Crippen LogP contribution is -2.06. The van der Waals surface area contributed by atoms with Crippen LogP contribution in [0.2, 0.25) is 5.02 Å². The Hall–Kier alpha value is -3.25. The molecule has 0 bridgehead atoms. The average molecular weight is 409 g/mol. The molecule has 0 amide bonds. The summed E-state index contributed by atoms with van der Waals surface area (Å²) in [4.78, 5) is 13.5. The van der Waals surface area contributed by atoms with Crippen molar-refractivity contribution in [3.63, 3.8) is 0 Å². The third-order valence-electron chi connectivity index (χ3n) is 4.14. The number of hydrogen-bond acceptors (Lipinski definition) is 5. The molecule has 0 aliphatic carbocycles. The molecule has 0 spiro atoms. The van der Waals surface area contributed by atoms with E-state index >= 15 is 0 Å². The average Bonchev–Trinajstić information content (AvgIpc) is 2.71. The van der Waals surface area contributed by atoms with Crippen LogP contribution in [0.4, 0.5) is 15.9 Å². The molecule has 0 radical (unpaired) electrons. The summed E-state index contributed by atoms with van der Waals surface area (Å²) in [6.45, 7) is 3.93. The molecule has 0 saturated heterocycles. The SMILES string of the molecule is CC(C)Oc1ccc2nc(-c3cccnc3)nc(Nc3ccc(F)c(Cl)c3)c2c1. The second-order valence-corrected chi connectivity index (χ2v) is 7.14. The Kier molecular flexibility index (Phi) is 5.27. The molecule has 4 rings (SSSR count). The van der Waals surface area contributed by atoms with Crippen LogP contribution < -0.4 is 10.1 Å². The van der Waals surface area contributed by atoms with Crippen LogP contribution in [0, 0.1) is 5.82 Å². The number of fused-ring (bicyclic) bond motifs is 1. The summed E-state index contributed by atoms with van der Waals surface area (Å²) in [5.41, 5.74) is 2.14. The summed E-state index contributed by atoms with van der Waals surface area (Å²) >= 11 is 5.93. The van der Waals surface area contributed by atoms with Gasteiger partial charge in [0, 0.05) is 29.0 Å². The normalized spacial score (nSPS) is 11.1. The largest absolute Gasteiger partial charge is 0.491 e. The van der Waals surface area contributed by atoms with Crippen LogP contribution in [0.1, 0.15) is 13.8 Å². The fourth-order valence-corrected chi connectivity index (χ4v) is 3.06. The van der Waals surface area contributed by atoms with E-state index in [1.807, 2.05) is 44.2 Å². The van der Waals surface area contributed by atoms with Crippen molar-refractivity contribution in [2.75, 3.05) is 5.32 Å². The smallest absolute Gasteiger partial charge is 0.163 e. The molecule has 0 aliphatic heterocycles. The standard InChI is InChI=1S/C22H18ClFN4O/c1-13(2)29-16-6-8-20-17(11-16)22(26-15-5-7-19(24)18(23)10-15)28-21(27-20)14-4-3-9-25-12-14/h3-13H,1-2H3,(H,26,27,28). The number of ether oxygens (including phenoxy) is 1. The van der Waals surface area contributed by atoms with Crippen LogP contribution in [0.25, 0.3) is 22.3 Å². The summed E-state index contributed by atoms with van der Waals surface area (Å²) in [5, 5.41) is 4.03. The Morgan fingerprint density at radius 1 is 1.07 bits per heavy atom. The highest BCUT2D eigenvalue weighted by atomic mass is 35.5. The number of pyridine rings is 1. The van der Waals surface area contributed by atoms with Crippen LogP contribution in [0.5, 0.6) is 5.75 Å². The second-order valence-electron chi connectivity index (χ2n) is 6.74. The molecule has 0 unspecified atom stereocenters. The first-order valence-corrected chi connectivity index (χ1v) is 9.48. The number of benzene rings is 2. The topological polar surface area (TPSA) is 59.9 Å². The van der Waals surface area contributed by atoms with E-state index in [0.717, 1.165) is 16.5 Å². The predicted molar refractivity (Wildman–Crippen MR) is 113 cm³/mol. The van der Waals surface area contributed by atoms with Crippen LogP contribution in [-0.2, 0) is 0 Å². The van der Waals surface area contributed by atoms with Crippen LogP contribution in [0.15, 0.2) is 60.9 Å². The Morgan fingerprint density at radius 2 is 1.93 bits per heavy atom. The Balaban J connectivity index is 1.85. The zero-order valence-electron chi connectivity index (χ0n) is 15.9. The van der Waals surface area contributed by atoms with Crippen molar-refractivity contribution >= 4 is 34.0 Å². The number of nitrogens with one attached hydrogen (secondary N) is 1. The van der Waals surface area contributed by atoms with Crippen LogP contribution in [0.3, 0.4) is 0 Å². The summed E-state index contributed by atoms with van der Waals surface area (Å²) in [6, 6.07) is 13.8. The summed E-state index contributed by atoms with van der Waals surface area (Å²) in [7, 11) is 0. The van der Waals surface area contributed by atoms with E-state index in [4.69, 9.17) is 16.3 Å². The van der Waals surface area contributed by atoms with E-state index in [-0.39, 0.29) is 11.1 Å². The summed E-state index contributed by atoms with van der Waals surface area (Å²) in [6.07, 6.45) is 3.44. The maximum Gasteiger partial charge on any atom is 0.163 e. The minimum absolute atomic E-state index is 0.0321. The molecule has 146 valence electrons. The van der Waals surface area contributed by atoms with Gasteiger partial charge in [-0.2, -0.15) is 0 Å². The fraction of sp³-hybridized carbons (Fsp3) is 0.136. The number of anilines is 2. The number of aromatic nitrogens is 3. The van der Waals surface area contributed by atoms with Gasteiger partial charge >= 0.3 is 0 Å². The Morgan fingerprint density at radius 3 is 2.66 bits per heavy atom. The number of hydrogen-bond donors (Lipinski definition) is 1. The third kappa shape index (κ3) is 4.27. The molecule has 4 aromatic rings. The lowest BCUT2D eigenvalue weighted by molar-refractivity contribution is 0.243. The van der Waals surface area contributed by atoms with E-state index in [9.17, 15) is 4.39 Å². The molecule has 2 aromatic heterocycles. The third-order valence-corrected chi connectivity index (χ3v) is 4.43. The first kappa shape index (κ1) is 19.1. The van der Waals surface area contributed by atoms with Gasteiger partial charge in [0.25, 0.3) is 0 Å². The van der Waals surface area contributed by atoms with Gasteiger partial charge in [-0.15, -0.1) is 0 Å². The molecule has 0 saturated carbocycles.